The van der Waals surface area contributed by atoms with Crippen molar-refractivity contribution < 1.29 is 9.59 Å². The maximum atomic E-state index is 13.0. The van der Waals surface area contributed by atoms with Crippen LogP contribution in [0.15, 0.2) is 54.7 Å². The van der Waals surface area contributed by atoms with E-state index in [9.17, 15) is 9.59 Å². The van der Waals surface area contributed by atoms with Crippen molar-refractivity contribution in [3.63, 3.8) is 0 Å². The summed E-state index contributed by atoms with van der Waals surface area (Å²) in [4.78, 5) is 36.0. The molecule has 2 aromatic carbocycles. The molecule has 0 saturated carbocycles. The van der Waals surface area contributed by atoms with Gasteiger partial charge in [-0.25, -0.2) is 4.98 Å². The molecule has 284 valence electrons. The van der Waals surface area contributed by atoms with Crippen LogP contribution in [0.2, 0.25) is 0 Å². The summed E-state index contributed by atoms with van der Waals surface area (Å²) in [5.74, 6) is 1.52. The number of hydrogen-bond donors (Lipinski definition) is 3. The van der Waals surface area contributed by atoms with E-state index in [0.717, 1.165) is 40.9 Å². The van der Waals surface area contributed by atoms with Gasteiger partial charge in [0.1, 0.15) is 0 Å². The van der Waals surface area contributed by atoms with Gasteiger partial charge in [0.15, 0.2) is 5.82 Å². The van der Waals surface area contributed by atoms with Crippen LogP contribution in [0.5, 0.6) is 0 Å². The molecule has 0 aliphatic heterocycles. The van der Waals surface area contributed by atoms with Crippen LogP contribution < -0.4 is 15.5 Å². The van der Waals surface area contributed by atoms with Crippen LogP contribution in [0, 0.1) is 0 Å². The molecule has 4 aromatic rings. The summed E-state index contributed by atoms with van der Waals surface area (Å²) in [7, 11) is 1.92. The third-order valence-corrected chi connectivity index (χ3v) is 10.1. The summed E-state index contributed by atoms with van der Waals surface area (Å²) < 4.78 is 1.92. The quantitative estimate of drug-likeness (QED) is 0.0440. The molecule has 0 bridgehead atoms. The molecule has 0 spiro atoms. The van der Waals surface area contributed by atoms with Crippen LogP contribution in [0.3, 0.4) is 0 Å². The molecule has 0 atom stereocenters. The zero-order valence-electron chi connectivity index (χ0n) is 31.5. The third-order valence-electron chi connectivity index (χ3n) is 9.73. The van der Waals surface area contributed by atoms with E-state index in [0.29, 0.717) is 48.3 Å². The number of aryl methyl sites for hydroxylation is 1. The molecule has 3 N–H and O–H groups in total. The van der Waals surface area contributed by atoms with E-state index < -0.39 is 0 Å². The lowest BCUT2D eigenvalue weighted by Crippen LogP contribution is -2.27. The van der Waals surface area contributed by atoms with E-state index in [4.69, 9.17) is 28.2 Å². The second kappa shape index (κ2) is 23.2. The monoisotopic (exact) mass is 750 g/mol. The van der Waals surface area contributed by atoms with E-state index >= 15 is 0 Å². The summed E-state index contributed by atoms with van der Waals surface area (Å²) in [6, 6.07) is 15.1. The van der Waals surface area contributed by atoms with Gasteiger partial charge in [0.2, 0.25) is 5.91 Å². The molecule has 0 unspecified atom stereocenters. The average molecular weight is 752 g/mol. The molecule has 8 nitrogen and oxygen atoms in total. The highest BCUT2D eigenvalue weighted by atomic mass is 35.5. The zero-order chi connectivity index (χ0) is 37.0. The van der Waals surface area contributed by atoms with E-state index in [1.807, 2.05) is 54.2 Å². The topological polar surface area (TPSA) is 95.0 Å². The van der Waals surface area contributed by atoms with E-state index in [-0.39, 0.29) is 11.8 Å². The fraction of sp³-hybridized carbons (Fsp3) is 0.548. The minimum absolute atomic E-state index is 0.0424. The standard InChI is InChI=1S/C42H60Cl2N6O2/c1-3-4-5-6-7-8-9-10-11-12-13-14-15-16-17-18-19-40(51)45-34-22-25-37-38(30-34)48-41(47-37)39-31-35(32-49(39)2)46-42(52)33-20-23-36(24-21-33)50(28-26-43)29-27-44/h20-25,30-32H,3-19,26-29H2,1-2H3,(H,45,51)(H,46,52)(H,47,48). The van der Waals surface area contributed by atoms with Crippen molar-refractivity contribution >= 4 is 63.1 Å². The lowest BCUT2D eigenvalue weighted by atomic mass is 10.0. The van der Waals surface area contributed by atoms with Crippen LogP contribution in [0.4, 0.5) is 17.1 Å². The number of unbranched alkanes of at least 4 members (excludes halogenated alkanes) is 15. The molecule has 0 aliphatic rings. The predicted octanol–water partition coefficient (Wildman–Crippen LogP) is 11.7. The van der Waals surface area contributed by atoms with Gasteiger partial charge in [0, 0.05) is 61.5 Å². The predicted molar refractivity (Wildman–Crippen MR) is 221 cm³/mol. The van der Waals surface area contributed by atoms with Crippen LogP contribution in [0.25, 0.3) is 22.6 Å². The number of aromatic nitrogens is 3. The Balaban J connectivity index is 1.15. The minimum Gasteiger partial charge on any atom is -0.369 e. The first-order valence-corrected chi connectivity index (χ1v) is 20.7. The largest absolute Gasteiger partial charge is 0.369 e. The number of halogens is 2. The number of nitrogens with one attached hydrogen (secondary N) is 3. The van der Waals surface area contributed by atoms with E-state index in [1.54, 1.807) is 12.1 Å². The van der Waals surface area contributed by atoms with Crippen molar-refractivity contribution in [2.45, 2.75) is 116 Å². The Hall–Kier alpha value is -3.49. The number of carbonyl (C=O) groups is 2. The van der Waals surface area contributed by atoms with E-state index in [1.165, 1.54) is 89.9 Å². The Morgan fingerprint density at radius 3 is 1.88 bits per heavy atom. The number of anilines is 3. The van der Waals surface area contributed by atoms with Gasteiger partial charge in [-0.15, -0.1) is 23.2 Å². The Bertz CT molecular complexity index is 1630. The first-order valence-electron chi connectivity index (χ1n) is 19.7. The van der Waals surface area contributed by atoms with Crippen LogP contribution in [0.1, 0.15) is 126 Å². The number of fused-ring (bicyclic) bond motifs is 1. The molecule has 2 aromatic heterocycles. The number of imidazole rings is 1. The van der Waals surface area contributed by atoms with Crippen LogP contribution in [-0.2, 0) is 11.8 Å². The van der Waals surface area contributed by atoms with Gasteiger partial charge in [-0.3, -0.25) is 9.59 Å². The molecule has 0 radical (unpaired) electrons. The lowest BCUT2D eigenvalue weighted by molar-refractivity contribution is -0.116. The van der Waals surface area contributed by atoms with Gasteiger partial charge in [0.25, 0.3) is 5.91 Å². The van der Waals surface area contributed by atoms with Crippen molar-refractivity contribution in [2.24, 2.45) is 7.05 Å². The Morgan fingerprint density at radius 2 is 1.31 bits per heavy atom. The number of amides is 2. The normalized spacial score (nSPS) is 11.3. The smallest absolute Gasteiger partial charge is 0.255 e. The molecule has 0 fully saturated rings. The first kappa shape index (κ1) is 41.3. The summed E-state index contributed by atoms with van der Waals surface area (Å²) in [5, 5.41) is 6.05. The highest BCUT2D eigenvalue weighted by Crippen LogP contribution is 2.27. The molecule has 0 saturated heterocycles. The molecular weight excluding hydrogens is 691 g/mol. The van der Waals surface area contributed by atoms with Gasteiger partial charge in [0.05, 0.1) is 22.4 Å². The number of carbonyl (C=O) groups excluding carboxylic acids is 2. The van der Waals surface area contributed by atoms with Gasteiger partial charge < -0.3 is 25.1 Å². The number of rotatable bonds is 26. The van der Waals surface area contributed by atoms with Gasteiger partial charge >= 0.3 is 0 Å². The molecule has 4 rings (SSSR count). The van der Waals surface area contributed by atoms with Crippen molar-refractivity contribution in [3.8, 4) is 11.5 Å². The Kier molecular flexibility index (Phi) is 18.4. The van der Waals surface area contributed by atoms with Crippen molar-refractivity contribution in [3.05, 3.63) is 60.3 Å². The Morgan fingerprint density at radius 1 is 0.731 bits per heavy atom. The lowest BCUT2D eigenvalue weighted by Gasteiger charge is -2.22. The highest BCUT2D eigenvalue weighted by Gasteiger charge is 2.15. The number of nitrogens with zero attached hydrogens (tertiary/aromatic N) is 3. The maximum absolute atomic E-state index is 13.0. The number of hydrogen-bond acceptors (Lipinski definition) is 4. The van der Waals surface area contributed by atoms with E-state index in [2.05, 4.69) is 27.4 Å². The number of H-pyrrole nitrogens is 1. The van der Waals surface area contributed by atoms with Crippen LogP contribution >= 0.6 is 23.2 Å². The minimum atomic E-state index is -0.200. The molecule has 52 heavy (non-hydrogen) atoms. The summed E-state index contributed by atoms with van der Waals surface area (Å²) in [6.07, 6.45) is 23.5. The molecule has 10 heteroatoms. The van der Waals surface area contributed by atoms with Crippen LogP contribution in [-0.4, -0.2) is 51.2 Å². The maximum Gasteiger partial charge on any atom is 0.255 e. The molecule has 2 heterocycles. The summed E-state index contributed by atoms with van der Waals surface area (Å²) in [6.45, 7) is 3.65. The second-order valence-electron chi connectivity index (χ2n) is 14.0. The summed E-state index contributed by atoms with van der Waals surface area (Å²) in [5.41, 5.74) is 5.40. The number of benzene rings is 2. The van der Waals surface area contributed by atoms with Gasteiger partial charge in [-0.2, -0.15) is 0 Å². The van der Waals surface area contributed by atoms with Crippen molar-refractivity contribution in [1.29, 1.82) is 0 Å². The first-order chi connectivity index (χ1) is 25.4. The third kappa shape index (κ3) is 13.8. The fourth-order valence-corrected chi connectivity index (χ4v) is 7.14. The fourth-order valence-electron chi connectivity index (χ4n) is 6.73. The Labute approximate surface area is 321 Å². The van der Waals surface area contributed by atoms with Crippen molar-refractivity contribution in [2.75, 3.05) is 40.4 Å². The molecule has 2 amide bonds. The highest BCUT2D eigenvalue weighted by molar-refractivity contribution is 6.18. The molecule has 0 aliphatic carbocycles. The number of alkyl halides is 2. The van der Waals surface area contributed by atoms with Gasteiger partial charge in [-0.1, -0.05) is 103 Å². The number of aromatic amines is 1. The SMILES string of the molecule is CCCCCCCCCCCCCCCCCCC(=O)Nc1ccc2[nH]c(-c3cc(NC(=O)c4ccc(N(CCCl)CCCl)cc4)cn3C)nc2c1. The molecular formula is C42H60Cl2N6O2. The van der Waals surface area contributed by atoms with Gasteiger partial charge in [-0.05, 0) is 55.0 Å². The summed E-state index contributed by atoms with van der Waals surface area (Å²) >= 11 is 11.9. The average Bonchev–Trinajstić information content (AvgIpc) is 3.73. The zero-order valence-corrected chi connectivity index (χ0v) is 33.0. The van der Waals surface area contributed by atoms with Crippen molar-refractivity contribution in [1.82, 2.24) is 14.5 Å². The second-order valence-corrected chi connectivity index (χ2v) is 14.8.